The summed E-state index contributed by atoms with van der Waals surface area (Å²) < 4.78 is 31.8. The van der Waals surface area contributed by atoms with Gasteiger partial charge in [0.2, 0.25) is 0 Å². The van der Waals surface area contributed by atoms with Crippen LogP contribution in [0.5, 0.6) is 0 Å². The number of aromatic nitrogens is 2. The number of rotatable bonds is 4. The molecule has 130 valence electrons. The maximum absolute atomic E-state index is 12.8. The van der Waals surface area contributed by atoms with Crippen LogP contribution in [0.3, 0.4) is 0 Å². The van der Waals surface area contributed by atoms with E-state index in [0.717, 1.165) is 12.8 Å². The third-order valence-corrected chi connectivity index (χ3v) is 6.38. The molecule has 0 spiro atoms. The van der Waals surface area contributed by atoms with Crippen molar-refractivity contribution in [2.24, 2.45) is 17.6 Å². The first kappa shape index (κ1) is 18.2. The fraction of sp³-hybridized carbons (Fsp3) is 0.692. The first-order valence-corrected chi connectivity index (χ1v) is 8.85. The van der Waals surface area contributed by atoms with E-state index in [-0.39, 0.29) is 41.6 Å². The van der Waals surface area contributed by atoms with Crippen molar-refractivity contribution in [2.45, 2.75) is 30.8 Å². The average Bonchev–Trinajstić information content (AvgIpc) is 3.16. The number of esters is 1. The second-order valence-electron chi connectivity index (χ2n) is 5.82. The summed E-state index contributed by atoms with van der Waals surface area (Å²) in [5, 5.41) is 5.93. The van der Waals surface area contributed by atoms with E-state index in [0.29, 0.717) is 19.0 Å². The number of ether oxygens (including phenoxy) is 1. The van der Waals surface area contributed by atoms with Gasteiger partial charge in [-0.3, -0.25) is 5.10 Å². The molecule has 1 aromatic heterocycles. The highest BCUT2D eigenvalue weighted by Gasteiger charge is 2.46. The Morgan fingerprint density at radius 1 is 1.48 bits per heavy atom. The van der Waals surface area contributed by atoms with Crippen molar-refractivity contribution in [3.05, 3.63) is 11.8 Å². The minimum absolute atomic E-state index is 0. The van der Waals surface area contributed by atoms with Gasteiger partial charge in [0, 0.05) is 19.1 Å². The average molecular weight is 365 g/mol. The van der Waals surface area contributed by atoms with E-state index in [1.165, 1.54) is 10.5 Å². The van der Waals surface area contributed by atoms with E-state index in [1.54, 1.807) is 6.92 Å². The molecule has 1 aliphatic carbocycles. The quantitative estimate of drug-likeness (QED) is 0.745. The molecule has 2 heterocycles. The SMILES string of the molecule is CCOC(=O)c1cn[nH]c1S(=O)(=O)N1CC2CCC(N)C2C1.Cl. The largest absolute Gasteiger partial charge is 0.462 e. The Morgan fingerprint density at radius 3 is 2.87 bits per heavy atom. The number of nitrogens with zero attached hydrogens (tertiary/aromatic N) is 2. The van der Waals surface area contributed by atoms with Gasteiger partial charge in [0.1, 0.15) is 5.56 Å². The Bertz CT molecular complexity index is 677. The van der Waals surface area contributed by atoms with E-state index in [4.69, 9.17) is 10.5 Å². The van der Waals surface area contributed by atoms with Crippen molar-refractivity contribution < 1.29 is 17.9 Å². The normalized spacial score (nSPS) is 27.5. The Morgan fingerprint density at radius 2 is 2.22 bits per heavy atom. The molecule has 10 heteroatoms. The number of halogens is 1. The lowest BCUT2D eigenvalue weighted by Gasteiger charge is -2.18. The molecule has 3 rings (SSSR count). The third-order valence-electron chi connectivity index (χ3n) is 4.58. The summed E-state index contributed by atoms with van der Waals surface area (Å²) in [6.07, 6.45) is 3.08. The molecule has 1 saturated carbocycles. The Hall–Kier alpha value is -1.16. The van der Waals surface area contributed by atoms with E-state index in [1.807, 2.05) is 0 Å². The van der Waals surface area contributed by atoms with Crippen molar-refractivity contribution in [3.63, 3.8) is 0 Å². The fourth-order valence-electron chi connectivity index (χ4n) is 3.42. The Balaban J connectivity index is 0.00000192. The molecule has 0 radical (unpaired) electrons. The van der Waals surface area contributed by atoms with E-state index in [2.05, 4.69) is 10.2 Å². The van der Waals surface area contributed by atoms with Gasteiger partial charge in [-0.2, -0.15) is 9.40 Å². The number of sulfonamides is 1. The number of H-pyrrole nitrogens is 1. The van der Waals surface area contributed by atoms with E-state index >= 15 is 0 Å². The van der Waals surface area contributed by atoms with Gasteiger partial charge in [-0.1, -0.05) is 0 Å². The van der Waals surface area contributed by atoms with Crippen LogP contribution >= 0.6 is 12.4 Å². The fourth-order valence-corrected chi connectivity index (χ4v) is 5.01. The summed E-state index contributed by atoms with van der Waals surface area (Å²) in [5.74, 6) is -0.187. The van der Waals surface area contributed by atoms with Crippen molar-refractivity contribution in [1.29, 1.82) is 0 Å². The molecular formula is C13H21ClN4O4S. The topological polar surface area (TPSA) is 118 Å². The molecule has 0 aromatic carbocycles. The zero-order chi connectivity index (χ0) is 15.9. The molecular weight excluding hydrogens is 344 g/mol. The standard InChI is InChI=1S/C13H20N4O4S.ClH/c1-2-21-13(18)9-5-15-16-12(9)22(19,20)17-6-8-3-4-11(14)10(8)7-17;/h5,8,10-11H,2-4,6-7,14H2,1H3,(H,15,16);1H. The van der Waals surface area contributed by atoms with Gasteiger partial charge >= 0.3 is 5.97 Å². The maximum Gasteiger partial charge on any atom is 0.342 e. The predicted molar refractivity (Wildman–Crippen MR) is 84.7 cm³/mol. The highest BCUT2D eigenvalue weighted by molar-refractivity contribution is 7.89. The lowest BCUT2D eigenvalue weighted by molar-refractivity contribution is 0.0521. The van der Waals surface area contributed by atoms with Crippen LogP contribution in [0, 0.1) is 11.8 Å². The lowest BCUT2D eigenvalue weighted by Crippen LogP contribution is -2.34. The van der Waals surface area contributed by atoms with Crippen LogP contribution in [0.4, 0.5) is 0 Å². The van der Waals surface area contributed by atoms with Crippen LogP contribution in [0.15, 0.2) is 11.2 Å². The molecule has 3 N–H and O–H groups in total. The number of aromatic amines is 1. The van der Waals surface area contributed by atoms with Gasteiger partial charge in [0.15, 0.2) is 5.03 Å². The molecule has 1 aliphatic heterocycles. The third kappa shape index (κ3) is 3.10. The zero-order valence-corrected chi connectivity index (χ0v) is 14.4. The van der Waals surface area contributed by atoms with Crippen LogP contribution in [0.2, 0.25) is 0 Å². The number of nitrogens with one attached hydrogen (secondary N) is 1. The van der Waals surface area contributed by atoms with Gasteiger partial charge in [-0.15, -0.1) is 12.4 Å². The maximum atomic E-state index is 12.8. The second kappa shape index (κ2) is 6.76. The molecule has 2 aliphatic rings. The number of fused-ring (bicyclic) bond motifs is 1. The Labute approximate surface area is 141 Å². The zero-order valence-electron chi connectivity index (χ0n) is 12.8. The summed E-state index contributed by atoms with van der Waals surface area (Å²) in [7, 11) is -3.80. The highest BCUT2D eigenvalue weighted by atomic mass is 35.5. The number of carbonyl (C=O) groups excluding carboxylic acids is 1. The summed E-state index contributed by atoms with van der Waals surface area (Å²) in [4.78, 5) is 11.9. The molecule has 1 aromatic rings. The monoisotopic (exact) mass is 364 g/mol. The van der Waals surface area contributed by atoms with Gasteiger partial charge in [0.25, 0.3) is 10.0 Å². The number of hydrogen-bond donors (Lipinski definition) is 2. The van der Waals surface area contributed by atoms with E-state index in [9.17, 15) is 13.2 Å². The van der Waals surface area contributed by atoms with Crippen LogP contribution in [0.25, 0.3) is 0 Å². The molecule has 3 atom stereocenters. The first-order chi connectivity index (χ1) is 10.4. The minimum atomic E-state index is -3.80. The molecule has 23 heavy (non-hydrogen) atoms. The van der Waals surface area contributed by atoms with Crippen LogP contribution in [0.1, 0.15) is 30.1 Å². The highest BCUT2D eigenvalue weighted by Crippen LogP contribution is 2.39. The van der Waals surface area contributed by atoms with Crippen LogP contribution < -0.4 is 5.73 Å². The molecule has 2 fully saturated rings. The first-order valence-electron chi connectivity index (χ1n) is 7.41. The number of carbonyl (C=O) groups is 1. The van der Waals surface area contributed by atoms with Crippen molar-refractivity contribution in [3.8, 4) is 0 Å². The van der Waals surface area contributed by atoms with Crippen LogP contribution in [-0.2, 0) is 14.8 Å². The molecule has 1 saturated heterocycles. The summed E-state index contributed by atoms with van der Waals surface area (Å²) in [5.41, 5.74) is 5.99. The van der Waals surface area contributed by atoms with Crippen molar-refractivity contribution in [2.75, 3.05) is 19.7 Å². The van der Waals surface area contributed by atoms with E-state index < -0.39 is 16.0 Å². The van der Waals surface area contributed by atoms with Gasteiger partial charge in [-0.25, -0.2) is 13.2 Å². The lowest BCUT2D eigenvalue weighted by atomic mass is 9.98. The van der Waals surface area contributed by atoms with Gasteiger partial charge in [-0.05, 0) is 31.6 Å². The number of nitrogens with two attached hydrogens (primary N) is 1. The predicted octanol–water partition coefficient (Wildman–Crippen LogP) is 0.366. The summed E-state index contributed by atoms with van der Waals surface area (Å²) >= 11 is 0. The Kier molecular flexibility index (Phi) is 5.34. The number of hydrogen-bond acceptors (Lipinski definition) is 6. The second-order valence-corrected chi connectivity index (χ2v) is 7.70. The summed E-state index contributed by atoms with van der Waals surface area (Å²) in [6.45, 7) is 2.68. The van der Waals surface area contributed by atoms with Crippen LogP contribution in [-0.4, -0.2) is 54.6 Å². The minimum Gasteiger partial charge on any atom is -0.462 e. The van der Waals surface area contributed by atoms with Crippen molar-refractivity contribution in [1.82, 2.24) is 14.5 Å². The molecule has 0 bridgehead atoms. The van der Waals surface area contributed by atoms with Gasteiger partial charge < -0.3 is 10.5 Å². The molecule has 0 amide bonds. The molecule has 3 unspecified atom stereocenters. The molecule has 8 nitrogen and oxygen atoms in total. The van der Waals surface area contributed by atoms with Crippen molar-refractivity contribution >= 4 is 28.4 Å². The summed E-state index contributed by atoms with van der Waals surface area (Å²) in [6, 6.07) is 0.0523. The smallest absolute Gasteiger partial charge is 0.342 e. The van der Waals surface area contributed by atoms with Gasteiger partial charge in [0.05, 0.1) is 12.8 Å².